The van der Waals surface area contributed by atoms with Gasteiger partial charge in [-0.2, -0.15) is 0 Å². The van der Waals surface area contributed by atoms with E-state index < -0.39 is 17.7 Å². The van der Waals surface area contributed by atoms with Gasteiger partial charge in [0.05, 0.1) is 6.54 Å². The molecule has 3 aromatic carbocycles. The summed E-state index contributed by atoms with van der Waals surface area (Å²) >= 11 is 11.8. The van der Waals surface area contributed by atoms with Crippen LogP contribution in [-0.2, 0) is 4.79 Å². The molecule has 3 N–H and O–H groups in total. The summed E-state index contributed by atoms with van der Waals surface area (Å²) in [5.74, 6) is 1.27. The highest BCUT2D eigenvalue weighted by molar-refractivity contribution is 6.35. The fourth-order valence-electron chi connectivity index (χ4n) is 2.75. The second kappa shape index (κ2) is 10.5. The summed E-state index contributed by atoms with van der Waals surface area (Å²) in [4.78, 5) is 36.7. The Balaban J connectivity index is 1.53. The first-order valence-corrected chi connectivity index (χ1v) is 10.1. The zero-order chi connectivity index (χ0) is 23.1. The molecule has 0 radical (unpaired) electrons. The van der Waals surface area contributed by atoms with Crippen LogP contribution in [0.25, 0.3) is 0 Å². The van der Waals surface area contributed by atoms with E-state index in [1.807, 2.05) is 0 Å². The van der Waals surface area contributed by atoms with Crippen LogP contribution in [0.3, 0.4) is 0 Å². The van der Waals surface area contributed by atoms with Crippen molar-refractivity contribution < 1.29 is 14.4 Å². The van der Waals surface area contributed by atoms with Crippen LogP contribution >= 0.6 is 23.2 Å². The summed E-state index contributed by atoms with van der Waals surface area (Å²) in [5, 5.41) is 8.60. The van der Waals surface area contributed by atoms with Crippen molar-refractivity contribution in [1.29, 1.82) is 0 Å². The fourth-order valence-corrected chi connectivity index (χ4v) is 3.27. The Labute approximate surface area is 194 Å². The van der Waals surface area contributed by atoms with E-state index in [1.54, 1.807) is 36.4 Å². The van der Waals surface area contributed by atoms with Crippen LogP contribution in [0, 0.1) is 12.3 Å². The minimum absolute atomic E-state index is 0.215. The third-order valence-corrected chi connectivity index (χ3v) is 4.69. The lowest BCUT2D eigenvalue weighted by Crippen LogP contribution is -2.32. The van der Waals surface area contributed by atoms with E-state index in [4.69, 9.17) is 29.6 Å². The van der Waals surface area contributed by atoms with Crippen LogP contribution < -0.4 is 16.0 Å². The van der Waals surface area contributed by atoms with Gasteiger partial charge < -0.3 is 16.0 Å². The maximum Gasteiger partial charge on any atom is 0.255 e. The van der Waals surface area contributed by atoms with Crippen LogP contribution in [0.5, 0.6) is 0 Å². The number of halogens is 2. The number of terminal acetylenes is 1. The Morgan fingerprint density at radius 1 is 0.781 bits per heavy atom. The van der Waals surface area contributed by atoms with Crippen molar-refractivity contribution in [2.75, 3.05) is 17.2 Å². The van der Waals surface area contributed by atoms with Crippen LogP contribution in [0.15, 0.2) is 66.7 Å². The molecule has 0 aliphatic carbocycles. The van der Waals surface area contributed by atoms with Crippen molar-refractivity contribution in [2.45, 2.75) is 0 Å². The van der Waals surface area contributed by atoms with E-state index in [2.05, 4.69) is 21.9 Å². The molecule has 6 nitrogen and oxygen atoms in total. The first-order chi connectivity index (χ1) is 15.3. The molecule has 0 spiro atoms. The van der Waals surface area contributed by atoms with Crippen molar-refractivity contribution in [2.24, 2.45) is 0 Å². The molecule has 0 aliphatic heterocycles. The van der Waals surface area contributed by atoms with Gasteiger partial charge in [-0.3, -0.25) is 14.4 Å². The number of carbonyl (C=O) groups excluding carboxylic acids is 3. The summed E-state index contributed by atoms with van der Waals surface area (Å²) < 4.78 is 0. The molecule has 3 amide bonds. The third-order valence-electron chi connectivity index (χ3n) is 4.25. The molecule has 8 heteroatoms. The van der Waals surface area contributed by atoms with Gasteiger partial charge >= 0.3 is 0 Å². The van der Waals surface area contributed by atoms with E-state index in [9.17, 15) is 14.4 Å². The Hall–Kier alpha value is -3.79. The van der Waals surface area contributed by atoms with Crippen LogP contribution in [0.4, 0.5) is 11.4 Å². The lowest BCUT2D eigenvalue weighted by Gasteiger charge is -2.09. The van der Waals surface area contributed by atoms with Gasteiger partial charge in [-0.1, -0.05) is 35.2 Å². The van der Waals surface area contributed by atoms with Gasteiger partial charge in [-0.05, 0) is 60.7 Å². The summed E-state index contributed by atoms with van der Waals surface area (Å²) in [6, 6.07) is 17.6. The molecule has 0 aliphatic rings. The monoisotopic (exact) mass is 465 g/mol. The standard InChI is InChI=1S/C24H17Cl2N3O3/c1-2-15-4-3-5-21(10-15)28-22(30)14-27-23(31)16-6-8-20(9-7-16)29-24(32)17-11-18(25)13-19(26)12-17/h1,3-13H,14H2,(H,27,31)(H,28,30)(H,29,32). The van der Waals surface area contributed by atoms with Crippen LogP contribution in [0.2, 0.25) is 10.0 Å². The molecular formula is C24H17Cl2N3O3. The highest BCUT2D eigenvalue weighted by Crippen LogP contribution is 2.20. The highest BCUT2D eigenvalue weighted by atomic mass is 35.5. The lowest BCUT2D eigenvalue weighted by molar-refractivity contribution is -0.115. The minimum Gasteiger partial charge on any atom is -0.343 e. The molecule has 0 fully saturated rings. The third kappa shape index (κ3) is 6.35. The summed E-state index contributed by atoms with van der Waals surface area (Å²) in [5.41, 5.74) is 2.30. The number of carbonyl (C=O) groups is 3. The number of hydrogen-bond acceptors (Lipinski definition) is 3. The second-order valence-corrected chi connectivity index (χ2v) is 7.52. The van der Waals surface area contributed by atoms with E-state index in [-0.39, 0.29) is 6.54 Å². The Kier molecular flexibility index (Phi) is 7.50. The predicted molar refractivity (Wildman–Crippen MR) is 126 cm³/mol. The first kappa shape index (κ1) is 22.9. The number of hydrogen-bond donors (Lipinski definition) is 3. The number of benzene rings is 3. The van der Waals surface area contributed by atoms with Gasteiger partial charge in [-0.25, -0.2) is 0 Å². The molecule has 160 valence electrons. The van der Waals surface area contributed by atoms with Crippen molar-refractivity contribution in [3.05, 3.63) is 93.5 Å². The minimum atomic E-state index is -0.433. The quantitative estimate of drug-likeness (QED) is 0.465. The van der Waals surface area contributed by atoms with Gasteiger partial charge in [0, 0.05) is 38.1 Å². The predicted octanol–water partition coefficient (Wildman–Crippen LogP) is 4.60. The molecule has 0 bridgehead atoms. The van der Waals surface area contributed by atoms with Gasteiger partial charge in [-0.15, -0.1) is 6.42 Å². The number of anilines is 2. The maximum absolute atomic E-state index is 12.3. The SMILES string of the molecule is C#Cc1cccc(NC(=O)CNC(=O)c2ccc(NC(=O)c3cc(Cl)cc(Cl)c3)cc2)c1. The highest BCUT2D eigenvalue weighted by Gasteiger charge is 2.11. The van der Waals surface area contributed by atoms with Crippen molar-refractivity contribution >= 4 is 52.3 Å². The molecule has 0 saturated carbocycles. The molecular weight excluding hydrogens is 449 g/mol. The van der Waals surface area contributed by atoms with Crippen LogP contribution in [0.1, 0.15) is 26.3 Å². The first-order valence-electron chi connectivity index (χ1n) is 9.36. The molecule has 32 heavy (non-hydrogen) atoms. The van der Waals surface area contributed by atoms with E-state index >= 15 is 0 Å². The largest absolute Gasteiger partial charge is 0.343 e. The zero-order valence-electron chi connectivity index (χ0n) is 16.6. The van der Waals surface area contributed by atoms with Gasteiger partial charge in [0.1, 0.15) is 0 Å². The van der Waals surface area contributed by atoms with Gasteiger partial charge in [0.2, 0.25) is 5.91 Å². The summed E-state index contributed by atoms with van der Waals surface area (Å²) in [7, 11) is 0. The molecule has 0 saturated heterocycles. The fraction of sp³-hybridized carbons (Fsp3) is 0.0417. The average molecular weight is 466 g/mol. The van der Waals surface area contributed by atoms with Crippen molar-refractivity contribution in [1.82, 2.24) is 5.32 Å². The topological polar surface area (TPSA) is 87.3 Å². The van der Waals surface area contributed by atoms with Crippen molar-refractivity contribution in [3.8, 4) is 12.3 Å². The Morgan fingerprint density at radius 2 is 1.47 bits per heavy atom. The number of rotatable bonds is 6. The zero-order valence-corrected chi connectivity index (χ0v) is 18.1. The maximum atomic E-state index is 12.3. The lowest BCUT2D eigenvalue weighted by atomic mass is 10.1. The van der Waals surface area contributed by atoms with Crippen LogP contribution in [-0.4, -0.2) is 24.3 Å². The molecule has 0 heterocycles. The second-order valence-electron chi connectivity index (χ2n) is 6.65. The molecule has 0 aromatic heterocycles. The van der Waals surface area contributed by atoms with E-state index in [1.165, 1.54) is 30.3 Å². The Morgan fingerprint density at radius 3 is 2.12 bits per heavy atom. The Bertz CT molecular complexity index is 1200. The normalized spacial score (nSPS) is 10.0. The number of nitrogens with one attached hydrogen (secondary N) is 3. The molecule has 3 rings (SSSR count). The van der Waals surface area contributed by atoms with Gasteiger partial charge in [0.25, 0.3) is 11.8 Å². The van der Waals surface area contributed by atoms with E-state index in [0.29, 0.717) is 38.1 Å². The van der Waals surface area contributed by atoms with Gasteiger partial charge in [0.15, 0.2) is 0 Å². The van der Waals surface area contributed by atoms with E-state index in [0.717, 1.165) is 0 Å². The molecule has 0 atom stereocenters. The molecule has 3 aromatic rings. The smallest absolute Gasteiger partial charge is 0.255 e. The summed E-state index contributed by atoms with van der Waals surface area (Å²) in [6.45, 7) is -0.215. The number of amides is 3. The molecule has 0 unspecified atom stereocenters. The average Bonchev–Trinajstić information content (AvgIpc) is 2.77. The summed E-state index contributed by atoms with van der Waals surface area (Å²) in [6.07, 6.45) is 5.34. The van der Waals surface area contributed by atoms with Crippen molar-refractivity contribution in [3.63, 3.8) is 0 Å².